The molecule has 0 radical (unpaired) electrons. The Bertz CT molecular complexity index is 557. The van der Waals surface area contributed by atoms with Crippen LogP contribution in [0.2, 0.25) is 0 Å². The standard InChI is InChI=1S/C15H15F3OS/c1-2-12-7-8-13(20-12)9-14(19)10-3-5-11(6-4-10)15(16,17)18/h3-8,14,19H,2,9H2,1H3. The number of hydrogen-bond acceptors (Lipinski definition) is 2. The smallest absolute Gasteiger partial charge is 0.388 e. The van der Waals surface area contributed by atoms with Gasteiger partial charge in [0.25, 0.3) is 0 Å². The number of halogens is 3. The summed E-state index contributed by atoms with van der Waals surface area (Å²) >= 11 is 1.62. The number of alkyl halides is 3. The van der Waals surface area contributed by atoms with Crippen molar-refractivity contribution in [2.45, 2.75) is 32.0 Å². The van der Waals surface area contributed by atoms with Gasteiger partial charge in [-0.25, -0.2) is 0 Å². The van der Waals surface area contributed by atoms with Crippen molar-refractivity contribution in [3.63, 3.8) is 0 Å². The molecule has 0 spiro atoms. The number of aliphatic hydroxyl groups excluding tert-OH is 1. The van der Waals surface area contributed by atoms with E-state index in [1.54, 1.807) is 11.3 Å². The largest absolute Gasteiger partial charge is 0.416 e. The number of thiophene rings is 1. The van der Waals surface area contributed by atoms with Gasteiger partial charge < -0.3 is 5.11 Å². The quantitative estimate of drug-likeness (QED) is 0.874. The highest BCUT2D eigenvalue weighted by Crippen LogP contribution is 2.31. The maximum atomic E-state index is 12.4. The van der Waals surface area contributed by atoms with Crippen LogP contribution in [-0.4, -0.2) is 5.11 Å². The van der Waals surface area contributed by atoms with E-state index in [9.17, 15) is 18.3 Å². The molecule has 1 unspecified atom stereocenters. The SMILES string of the molecule is CCc1ccc(CC(O)c2ccc(C(F)(F)F)cc2)s1. The molecule has 1 aromatic heterocycles. The van der Waals surface area contributed by atoms with Gasteiger partial charge in [0, 0.05) is 16.2 Å². The van der Waals surface area contributed by atoms with Crippen LogP contribution >= 0.6 is 11.3 Å². The molecule has 20 heavy (non-hydrogen) atoms. The van der Waals surface area contributed by atoms with Crippen molar-refractivity contribution in [2.24, 2.45) is 0 Å². The minimum absolute atomic E-state index is 0.427. The van der Waals surface area contributed by atoms with Crippen LogP contribution in [0.3, 0.4) is 0 Å². The van der Waals surface area contributed by atoms with E-state index >= 15 is 0 Å². The molecule has 5 heteroatoms. The zero-order valence-corrected chi connectivity index (χ0v) is 11.8. The van der Waals surface area contributed by atoms with Gasteiger partial charge in [0.1, 0.15) is 0 Å². The summed E-state index contributed by atoms with van der Waals surface area (Å²) in [5, 5.41) is 10.1. The maximum absolute atomic E-state index is 12.4. The van der Waals surface area contributed by atoms with Crippen LogP contribution in [0, 0.1) is 0 Å². The molecule has 0 amide bonds. The Hall–Kier alpha value is -1.33. The lowest BCUT2D eigenvalue weighted by Crippen LogP contribution is -2.06. The van der Waals surface area contributed by atoms with Gasteiger partial charge >= 0.3 is 6.18 Å². The Labute approximate surface area is 119 Å². The topological polar surface area (TPSA) is 20.2 Å². The van der Waals surface area contributed by atoms with Crippen LogP contribution < -0.4 is 0 Å². The molecule has 0 fully saturated rings. The van der Waals surface area contributed by atoms with Crippen LogP contribution in [0.25, 0.3) is 0 Å². The molecule has 108 valence electrons. The first kappa shape index (κ1) is 15.1. The van der Waals surface area contributed by atoms with E-state index in [4.69, 9.17) is 0 Å². The summed E-state index contributed by atoms with van der Waals surface area (Å²) < 4.78 is 37.3. The van der Waals surface area contributed by atoms with Crippen LogP contribution in [0.15, 0.2) is 36.4 Å². The first-order valence-electron chi connectivity index (χ1n) is 6.33. The number of aliphatic hydroxyl groups is 1. The summed E-state index contributed by atoms with van der Waals surface area (Å²) in [6.45, 7) is 2.06. The summed E-state index contributed by atoms with van der Waals surface area (Å²) in [6.07, 6.45) is -3.75. The lowest BCUT2D eigenvalue weighted by molar-refractivity contribution is -0.137. The van der Waals surface area contributed by atoms with Gasteiger partial charge in [-0.2, -0.15) is 13.2 Å². The number of benzene rings is 1. The minimum atomic E-state index is -4.34. The highest BCUT2D eigenvalue weighted by molar-refractivity contribution is 7.11. The van der Waals surface area contributed by atoms with Crippen molar-refractivity contribution in [3.05, 3.63) is 57.3 Å². The summed E-state index contributed by atoms with van der Waals surface area (Å²) in [5.74, 6) is 0. The summed E-state index contributed by atoms with van der Waals surface area (Å²) in [4.78, 5) is 2.27. The number of hydrogen-bond donors (Lipinski definition) is 1. The Kier molecular flexibility index (Phi) is 4.50. The van der Waals surface area contributed by atoms with E-state index < -0.39 is 17.8 Å². The van der Waals surface area contributed by atoms with Crippen molar-refractivity contribution in [1.82, 2.24) is 0 Å². The fraction of sp³-hybridized carbons (Fsp3) is 0.333. The highest BCUT2D eigenvalue weighted by Gasteiger charge is 2.30. The first-order valence-corrected chi connectivity index (χ1v) is 7.14. The zero-order valence-electron chi connectivity index (χ0n) is 10.9. The molecule has 0 bridgehead atoms. The Balaban J connectivity index is 2.07. The maximum Gasteiger partial charge on any atom is 0.416 e. The predicted octanol–water partition coefficient (Wildman–Crippen LogP) is 4.61. The van der Waals surface area contributed by atoms with Crippen molar-refractivity contribution in [1.29, 1.82) is 0 Å². The third kappa shape index (κ3) is 3.61. The van der Waals surface area contributed by atoms with E-state index in [1.165, 1.54) is 17.0 Å². The minimum Gasteiger partial charge on any atom is -0.388 e. The van der Waals surface area contributed by atoms with Gasteiger partial charge in [-0.15, -0.1) is 11.3 Å². The van der Waals surface area contributed by atoms with E-state index in [1.807, 2.05) is 12.1 Å². The molecule has 0 aliphatic carbocycles. The molecular weight excluding hydrogens is 285 g/mol. The Morgan fingerprint density at radius 1 is 1.05 bits per heavy atom. The summed E-state index contributed by atoms with van der Waals surface area (Å²) in [7, 11) is 0. The lowest BCUT2D eigenvalue weighted by Gasteiger charge is -2.12. The normalized spacial score (nSPS) is 13.4. The molecule has 1 aromatic carbocycles. The van der Waals surface area contributed by atoms with Gasteiger partial charge in [0.05, 0.1) is 11.7 Å². The Morgan fingerprint density at radius 2 is 1.65 bits per heavy atom. The highest BCUT2D eigenvalue weighted by atomic mass is 32.1. The number of aryl methyl sites for hydroxylation is 1. The predicted molar refractivity (Wildman–Crippen MR) is 73.8 cm³/mol. The fourth-order valence-electron chi connectivity index (χ4n) is 1.92. The molecule has 1 nitrogen and oxygen atoms in total. The van der Waals surface area contributed by atoms with Crippen molar-refractivity contribution in [2.75, 3.05) is 0 Å². The van der Waals surface area contributed by atoms with E-state index in [-0.39, 0.29) is 0 Å². The van der Waals surface area contributed by atoms with Crippen LogP contribution in [0.1, 0.15) is 33.9 Å². The molecule has 0 saturated carbocycles. The van der Waals surface area contributed by atoms with Crippen LogP contribution in [0.5, 0.6) is 0 Å². The molecule has 2 aromatic rings. The van der Waals surface area contributed by atoms with Crippen molar-refractivity contribution >= 4 is 11.3 Å². The monoisotopic (exact) mass is 300 g/mol. The van der Waals surface area contributed by atoms with Gasteiger partial charge in [-0.3, -0.25) is 0 Å². The molecule has 0 aliphatic heterocycles. The molecule has 1 N–H and O–H groups in total. The number of rotatable bonds is 4. The fourth-order valence-corrected chi connectivity index (χ4v) is 2.92. The Morgan fingerprint density at radius 3 is 2.15 bits per heavy atom. The van der Waals surface area contributed by atoms with Crippen molar-refractivity contribution < 1.29 is 18.3 Å². The molecule has 1 heterocycles. The third-order valence-electron chi connectivity index (χ3n) is 3.08. The van der Waals surface area contributed by atoms with E-state index in [2.05, 4.69) is 6.92 Å². The van der Waals surface area contributed by atoms with Gasteiger partial charge in [0.2, 0.25) is 0 Å². The summed E-state index contributed by atoms with van der Waals surface area (Å²) in [5.41, 5.74) is -0.192. The van der Waals surface area contributed by atoms with Gasteiger partial charge in [-0.1, -0.05) is 19.1 Å². The molecule has 2 rings (SSSR count). The second kappa shape index (κ2) is 5.97. The second-order valence-corrected chi connectivity index (χ2v) is 5.81. The van der Waals surface area contributed by atoms with Crippen molar-refractivity contribution in [3.8, 4) is 0 Å². The lowest BCUT2D eigenvalue weighted by atomic mass is 10.0. The zero-order chi connectivity index (χ0) is 14.8. The second-order valence-electron chi connectivity index (χ2n) is 4.56. The molecule has 0 aliphatic rings. The molecule has 1 atom stereocenters. The van der Waals surface area contributed by atoms with Gasteiger partial charge in [-0.05, 0) is 36.2 Å². The average molecular weight is 300 g/mol. The summed E-state index contributed by atoms with van der Waals surface area (Å²) in [6, 6.07) is 8.65. The first-order chi connectivity index (χ1) is 9.40. The average Bonchev–Trinajstić information content (AvgIpc) is 2.85. The van der Waals surface area contributed by atoms with Crippen LogP contribution in [-0.2, 0) is 19.0 Å². The van der Waals surface area contributed by atoms with Gasteiger partial charge in [0.15, 0.2) is 0 Å². The van der Waals surface area contributed by atoms with E-state index in [0.29, 0.717) is 12.0 Å². The molecule has 0 saturated heterocycles. The molecular formula is C15H15F3OS. The van der Waals surface area contributed by atoms with Crippen LogP contribution in [0.4, 0.5) is 13.2 Å². The third-order valence-corrected chi connectivity index (χ3v) is 4.33. The van der Waals surface area contributed by atoms with E-state index in [0.717, 1.165) is 23.4 Å².